The van der Waals surface area contributed by atoms with Crippen molar-refractivity contribution in [3.8, 4) is 17.7 Å². The van der Waals surface area contributed by atoms with E-state index in [-0.39, 0.29) is 30.0 Å². The minimum absolute atomic E-state index is 0.0799. The van der Waals surface area contributed by atoms with E-state index in [0.29, 0.717) is 11.4 Å². The zero-order valence-corrected chi connectivity index (χ0v) is 13.2. The summed E-state index contributed by atoms with van der Waals surface area (Å²) < 4.78 is 6.05. The first kappa shape index (κ1) is 17.2. The Hall–Kier alpha value is -3.18. The molecule has 0 amide bonds. The van der Waals surface area contributed by atoms with Crippen molar-refractivity contribution in [3.63, 3.8) is 0 Å². The van der Waals surface area contributed by atoms with Gasteiger partial charge in [0, 0.05) is 5.56 Å². The van der Waals surface area contributed by atoms with Gasteiger partial charge in [-0.25, -0.2) is 0 Å². The number of hydrogen-bond acceptors (Lipinski definition) is 7. The molecular weight excluding hydrogens is 312 g/mol. The molecule has 0 spiro atoms. The van der Waals surface area contributed by atoms with Gasteiger partial charge in [0.05, 0.1) is 20.3 Å². The van der Waals surface area contributed by atoms with Crippen molar-refractivity contribution >= 4 is 11.4 Å². The minimum atomic E-state index is -0.642. The van der Waals surface area contributed by atoms with Gasteiger partial charge in [-0.3, -0.25) is 9.36 Å². The third-order valence-electron chi connectivity index (χ3n) is 3.44. The molecule has 2 rings (SSSR count). The van der Waals surface area contributed by atoms with Crippen molar-refractivity contribution in [1.82, 2.24) is 4.57 Å². The maximum absolute atomic E-state index is 12.4. The highest BCUT2D eigenvalue weighted by atomic mass is 16.5. The number of para-hydroxylation sites is 1. The minimum Gasteiger partial charge on any atom is -0.494 e. The van der Waals surface area contributed by atoms with Crippen molar-refractivity contribution in [2.24, 2.45) is 10.2 Å². The van der Waals surface area contributed by atoms with Crippen LogP contribution in [-0.2, 0) is 6.54 Å². The number of nitrogens with zero attached hydrogens (tertiary/aromatic N) is 4. The van der Waals surface area contributed by atoms with Crippen LogP contribution in [0.5, 0.6) is 11.6 Å². The van der Waals surface area contributed by atoms with E-state index in [9.17, 15) is 15.2 Å². The SMILES string of the molecule is COc1ccccc1N=Nc1c(C)c(C#N)c(O)n(CCO)c1=O. The molecule has 0 unspecified atom stereocenters. The second-order valence-electron chi connectivity index (χ2n) is 4.84. The number of azo groups is 1. The normalized spacial score (nSPS) is 10.8. The molecule has 0 aliphatic rings. The molecule has 0 fully saturated rings. The molecule has 0 saturated carbocycles. The molecule has 1 heterocycles. The van der Waals surface area contributed by atoms with Crippen molar-refractivity contribution in [1.29, 1.82) is 5.26 Å². The molecule has 8 nitrogen and oxygen atoms in total. The molecule has 24 heavy (non-hydrogen) atoms. The average molecular weight is 328 g/mol. The topological polar surface area (TPSA) is 120 Å². The molecule has 0 aliphatic heterocycles. The number of aromatic hydroxyl groups is 1. The lowest BCUT2D eigenvalue weighted by Gasteiger charge is -2.11. The number of rotatable bonds is 5. The van der Waals surface area contributed by atoms with Crippen LogP contribution in [0, 0.1) is 18.3 Å². The van der Waals surface area contributed by atoms with Crippen LogP contribution in [0.4, 0.5) is 11.4 Å². The number of hydrogen-bond donors (Lipinski definition) is 2. The van der Waals surface area contributed by atoms with E-state index < -0.39 is 11.4 Å². The summed E-state index contributed by atoms with van der Waals surface area (Å²) in [4.78, 5) is 12.4. The molecule has 1 aromatic carbocycles. The Morgan fingerprint density at radius 3 is 2.67 bits per heavy atom. The number of benzene rings is 1. The van der Waals surface area contributed by atoms with Crippen LogP contribution < -0.4 is 10.3 Å². The first-order valence-electron chi connectivity index (χ1n) is 7.07. The van der Waals surface area contributed by atoms with Gasteiger partial charge in [-0.05, 0) is 19.1 Å². The van der Waals surface area contributed by atoms with Crippen molar-refractivity contribution in [2.45, 2.75) is 13.5 Å². The molecule has 124 valence electrons. The Kier molecular flexibility index (Phi) is 5.29. The molecule has 0 aliphatic carbocycles. The number of aromatic nitrogens is 1. The number of pyridine rings is 1. The zero-order chi connectivity index (χ0) is 17.7. The number of methoxy groups -OCH3 is 1. The summed E-state index contributed by atoms with van der Waals surface area (Å²) in [7, 11) is 1.49. The van der Waals surface area contributed by atoms with Crippen LogP contribution in [0.3, 0.4) is 0 Å². The molecule has 1 aromatic heterocycles. The quantitative estimate of drug-likeness (QED) is 0.815. The first-order valence-corrected chi connectivity index (χ1v) is 7.07. The van der Waals surface area contributed by atoms with E-state index in [1.165, 1.54) is 14.0 Å². The Labute approximate surface area is 137 Å². The smallest absolute Gasteiger partial charge is 0.281 e. The van der Waals surface area contributed by atoms with Crippen LogP contribution in [0.2, 0.25) is 0 Å². The maximum Gasteiger partial charge on any atom is 0.281 e. The van der Waals surface area contributed by atoms with Gasteiger partial charge in [0.1, 0.15) is 23.1 Å². The fourth-order valence-electron chi connectivity index (χ4n) is 2.18. The van der Waals surface area contributed by atoms with Crippen molar-refractivity contribution < 1.29 is 14.9 Å². The lowest BCUT2D eigenvalue weighted by Crippen LogP contribution is -2.23. The Morgan fingerprint density at radius 1 is 1.33 bits per heavy atom. The van der Waals surface area contributed by atoms with Crippen LogP contribution in [-0.4, -0.2) is 28.5 Å². The molecule has 8 heteroatoms. The maximum atomic E-state index is 12.4. The average Bonchev–Trinajstić information content (AvgIpc) is 2.59. The van der Waals surface area contributed by atoms with E-state index in [4.69, 9.17) is 9.84 Å². The van der Waals surface area contributed by atoms with Crippen LogP contribution in [0.15, 0.2) is 39.3 Å². The van der Waals surface area contributed by atoms with Gasteiger partial charge < -0.3 is 14.9 Å². The summed E-state index contributed by atoms with van der Waals surface area (Å²) in [6.07, 6.45) is 0. The lowest BCUT2D eigenvalue weighted by molar-refractivity contribution is 0.263. The van der Waals surface area contributed by atoms with Gasteiger partial charge in [-0.15, -0.1) is 10.2 Å². The predicted octanol–water partition coefficient (Wildman–Crippen LogP) is 2.15. The predicted molar refractivity (Wildman–Crippen MR) is 86.1 cm³/mol. The van der Waals surface area contributed by atoms with E-state index in [2.05, 4.69) is 10.2 Å². The number of aliphatic hydroxyl groups is 1. The standard InChI is InChI=1S/C16H16N4O4/c1-10-11(9-17)15(22)20(7-8-21)16(23)14(10)19-18-12-5-3-4-6-13(12)24-2/h3-6,21-22H,7-8H2,1-2H3. The highest BCUT2D eigenvalue weighted by Gasteiger charge is 2.18. The summed E-state index contributed by atoms with van der Waals surface area (Å²) in [5.74, 6) is -0.0147. The van der Waals surface area contributed by atoms with Crippen LogP contribution in [0.1, 0.15) is 11.1 Å². The second-order valence-corrected chi connectivity index (χ2v) is 4.84. The van der Waals surface area contributed by atoms with E-state index in [0.717, 1.165) is 4.57 Å². The third kappa shape index (κ3) is 3.11. The van der Waals surface area contributed by atoms with E-state index in [1.807, 2.05) is 6.07 Å². The molecule has 0 atom stereocenters. The highest BCUT2D eigenvalue weighted by Crippen LogP contribution is 2.30. The van der Waals surface area contributed by atoms with Crippen LogP contribution >= 0.6 is 0 Å². The van der Waals surface area contributed by atoms with Gasteiger partial charge in [0.15, 0.2) is 5.69 Å². The molecule has 0 bridgehead atoms. The number of aliphatic hydroxyl groups excluding tert-OH is 1. The van der Waals surface area contributed by atoms with Gasteiger partial charge in [-0.1, -0.05) is 12.1 Å². The Bertz CT molecular complexity index is 881. The number of ether oxygens (including phenoxy) is 1. The van der Waals surface area contributed by atoms with Crippen molar-refractivity contribution in [3.05, 3.63) is 45.7 Å². The van der Waals surface area contributed by atoms with E-state index >= 15 is 0 Å². The summed E-state index contributed by atoms with van der Waals surface area (Å²) in [6, 6.07) is 8.70. The second kappa shape index (κ2) is 7.39. The molecule has 0 radical (unpaired) electrons. The van der Waals surface area contributed by atoms with Crippen LogP contribution in [0.25, 0.3) is 0 Å². The first-order chi connectivity index (χ1) is 11.5. The van der Waals surface area contributed by atoms with Crippen molar-refractivity contribution in [2.75, 3.05) is 13.7 Å². The largest absolute Gasteiger partial charge is 0.494 e. The fraction of sp³-hybridized carbons (Fsp3) is 0.250. The van der Waals surface area contributed by atoms with E-state index in [1.54, 1.807) is 24.3 Å². The lowest BCUT2D eigenvalue weighted by atomic mass is 10.1. The molecular formula is C16H16N4O4. The molecule has 2 N–H and O–H groups in total. The Balaban J connectivity index is 2.62. The highest BCUT2D eigenvalue weighted by molar-refractivity contribution is 5.57. The van der Waals surface area contributed by atoms with Gasteiger partial charge in [0.2, 0.25) is 5.88 Å². The van der Waals surface area contributed by atoms with Gasteiger partial charge >= 0.3 is 0 Å². The summed E-state index contributed by atoms with van der Waals surface area (Å²) in [6.45, 7) is 0.973. The summed E-state index contributed by atoms with van der Waals surface area (Å²) in [5.41, 5.74) is -0.177. The van der Waals surface area contributed by atoms with Gasteiger partial charge in [-0.2, -0.15) is 5.26 Å². The monoisotopic (exact) mass is 328 g/mol. The molecule has 2 aromatic rings. The van der Waals surface area contributed by atoms with Gasteiger partial charge in [0.25, 0.3) is 5.56 Å². The molecule has 0 saturated heterocycles. The summed E-state index contributed by atoms with van der Waals surface area (Å²) >= 11 is 0. The zero-order valence-electron chi connectivity index (χ0n) is 13.2. The fourth-order valence-corrected chi connectivity index (χ4v) is 2.18. The summed E-state index contributed by atoms with van der Waals surface area (Å²) in [5, 5.41) is 36.2. The Morgan fingerprint density at radius 2 is 2.04 bits per heavy atom. The number of nitriles is 1. The third-order valence-corrected chi connectivity index (χ3v) is 3.44.